The molecule has 0 amide bonds. The zero-order valence-corrected chi connectivity index (χ0v) is 9.69. The first-order valence-electron chi connectivity index (χ1n) is 5.55. The van der Waals surface area contributed by atoms with Crippen molar-refractivity contribution in [2.75, 3.05) is 19.0 Å². The van der Waals surface area contributed by atoms with Crippen molar-refractivity contribution in [3.8, 4) is 0 Å². The molecule has 78 valence electrons. The zero-order valence-electron chi connectivity index (χ0n) is 8.93. The Bertz CT molecular complexity index is 136. The SMILES string of the molecule is CC(C)C1CCCN1CCCCCl. The molecule has 1 nitrogen and oxygen atoms in total. The predicted molar refractivity (Wildman–Crippen MR) is 59.4 cm³/mol. The average molecular weight is 204 g/mol. The molecule has 1 aliphatic rings. The monoisotopic (exact) mass is 203 g/mol. The zero-order chi connectivity index (χ0) is 9.68. The molecule has 1 atom stereocenters. The lowest BCUT2D eigenvalue weighted by Crippen LogP contribution is -2.34. The number of likely N-dealkylation sites (tertiary alicyclic amines) is 1. The molecule has 0 aromatic rings. The number of hydrogen-bond acceptors (Lipinski definition) is 1. The van der Waals surface area contributed by atoms with Crippen LogP contribution in [0.1, 0.15) is 39.5 Å². The van der Waals surface area contributed by atoms with Gasteiger partial charge in [0.05, 0.1) is 0 Å². The summed E-state index contributed by atoms with van der Waals surface area (Å²) >= 11 is 5.67. The quantitative estimate of drug-likeness (QED) is 0.490. The highest BCUT2D eigenvalue weighted by Crippen LogP contribution is 2.23. The summed E-state index contributed by atoms with van der Waals surface area (Å²) in [4.78, 5) is 2.65. The van der Waals surface area contributed by atoms with E-state index in [9.17, 15) is 0 Å². The van der Waals surface area contributed by atoms with Crippen LogP contribution in [-0.4, -0.2) is 29.9 Å². The number of nitrogens with zero attached hydrogens (tertiary/aromatic N) is 1. The lowest BCUT2D eigenvalue weighted by Gasteiger charge is -2.27. The van der Waals surface area contributed by atoms with Crippen LogP contribution < -0.4 is 0 Å². The molecule has 1 saturated heterocycles. The summed E-state index contributed by atoms with van der Waals surface area (Å²) < 4.78 is 0. The van der Waals surface area contributed by atoms with Crippen molar-refractivity contribution in [3.63, 3.8) is 0 Å². The Kier molecular flexibility index (Phi) is 5.12. The van der Waals surface area contributed by atoms with Crippen LogP contribution in [0.25, 0.3) is 0 Å². The molecule has 0 saturated carbocycles. The van der Waals surface area contributed by atoms with Crippen molar-refractivity contribution in [3.05, 3.63) is 0 Å². The standard InChI is InChI=1S/C11H22ClN/c1-10(2)11-6-5-9-13(11)8-4-3-7-12/h10-11H,3-9H2,1-2H3. The molecule has 0 radical (unpaired) electrons. The van der Waals surface area contributed by atoms with Gasteiger partial charge < -0.3 is 4.90 Å². The van der Waals surface area contributed by atoms with Gasteiger partial charge in [0.2, 0.25) is 0 Å². The molecule has 1 heterocycles. The molecule has 1 aliphatic heterocycles. The highest BCUT2D eigenvalue weighted by molar-refractivity contribution is 6.17. The van der Waals surface area contributed by atoms with Crippen molar-refractivity contribution in [1.29, 1.82) is 0 Å². The fourth-order valence-corrected chi connectivity index (χ4v) is 2.48. The predicted octanol–water partition coefficient (Wildman–Crippen LogP) is 3.13. The lowest BCUT2D eigenvalue weighted by atomic mass is 10.0. The van der Waals surface area contributed by atoms with E-state index in [2.05, 4.69) is 18.7 Å². The molecule has 0 N–H and O–H groups in total. The Balaban J connectivity index is 2.23. The van der Waals surface area contributed by atoms with E-state index in [1.54, 1.807) is 0 Å². The smallest absolute Gasteiger partial charge is 0.0223 e. The van der Waals surface area contributed by atoms with Crippen LogP contribution in [0.4, 0.5) is 0 Å². The van der Waals surface area contributed by atoms with Crippen LogP contribution in [0.5, 0.6) is 0 Å². The van der Waals surface area contributed by atoms with Crippen molar-refractivity contribution in [2.45, 2.75) is 45.6 Å². The van der Waals surface area contributed by atoms with Crippen LogP contribution in [0.2, 0.25) is 0 Å². The number of unbranched alkanes of at least 4 members (excludes halogenated alkanes) is 1. The third-order valence-electron chi connectivity index (χ3n) is 3.01. The highest BCUT2D eigenvalue weighted by atomic mass is 35.5. The third kappa shape index (κ3) is 3.47. The van der Waals surface area contributed by atoms with Gasteiger partial charge in [-0.15, -0.1) is 11.6 Å². The van der Waals surface area contributed by atoms with Gasteiger partial charge in [0.1, 0.15) is 0 Å². The first-order valence-corrected chi connectivity index (χ1v) is 6.09. The molecule has 1 fully saturated rings. The number of rotatable bonds is 5. The first-order chi connectivity index (χ1) is 6.25. The minimum absolute atomic E-state index is 0.818. The summed E-state index contributed by atoms with van der Waals surface area (Å²) in [7, 11) is 0. The molecule has 1 unspecified atom stereocenters. The van der Waals surface area contributed by atoms with E-state index >= 15 is 0 Å². The van der Waals surface area contributed by atoms with Crippen molar-refractivity contribution in [2.24, 2.45) is 5.92 Å². The summed E-state index contributed by atoms with van der Waals surface area (Å²) in [5.41, 5.74) is 0. The summed E-state index contributed by atoms with van der Waals surface area (Å²) in [5, 5.41) is 0. The van der Waals surface area contributed by atoms with Crippen LogP contribution in [-0.2, 0) is 0 Å². The summed E-state index contributed by atoms with van der Waals surface area (Å²) in [5.74, 6) is 1.64. The molecule has 0 spiro atoms. The summed E-state index contributed by atoms with van der Waals surface area (Å²) in [6.45, 7) is 7.25. The number of hydrogen-bond donors (Lipinski definition) is 0. The maximum atomic E-state index is 5.67. The van der Waals surface area contributed by atoms with Gasteiger partial charge >= 0.3 is 0 Å². The number of halogens is 1. The topological polar surface area (TPSA) is 3.24 Å². The molecule has 0 aromatic carbocycles. The Morgan fingerprint density at radius 3 is 2.77 bits per heavy atom. The maximum absolute atomic E-state index is 5.67. The van der Waals surface area contributed by atoms with E-state index in [4.69, 9.17) is 11.6 Å². The minimum Gasteiger partial charge on any atom is -0.300 e. The second-order valence-corrected chi connectivity index (χ2v) is 4.76. The van der Waals surface area contributed by atoms with E-state index in [0.29, 0.717) is 0 Å². The third-order valence-corrected chi connectivity index (χ3v) is 3.28. The largest absolute Gasteiger partial charge is 0.300 e. The molecule has 0 bridgehead atoms. The fraction of sp³-hybridized carbons (Fsp3) is 1.00. The fourth-order valence-electron chi connectivity index (χ4n) is 2.29. The first kappa shape index (κ1) is 11.3. The Labute approximate surface area is 87.4 Å². The van der Waals surface area contributed by atoms with E-state index < -0.39 is 0 Å². The van der Waals surface area contributed by atoms with E-state index in [-0.39, 0.29) is 0 Å². The van der Waals surface area contributed by atoms with Crippen molar-refractivity contribution < 1.29 is 0 Å². The molecular formula is C11H22ClN. The van der Waals surface area contributed by atoms with Gasteiger partial charge in [-0.25, -0.2) is 0 Å². The molecule has 0 aliphatic carbocycles. The van der Waals surface area contributed by atoms with Crippen LogP contribution in [0.15, 0.2) is 0 Å². The average Bonchev–Trinajstić information content (AvgIpc) is 2.53. The van der Waals surface area contributed by atoms with Crippen LogP contribution in [0, 0.1) is 5.92 Å². The molecule has 1 rings (SSSR count). The van der Waals surface area contributed by atoms with Crippen LogP contribution >= 0.6 is 11.6 Å². The molecule has 0 aromatic heterocycles. The Morgan fingerprint density at radius 2 is 2.15 bits per heavy atom. The summed E-state index contributed by atoms with van der Waals surface area (Å²) in [6.07, 6.45) is 5.23. The number of alkyl halides is 1. The molecule has 13 heavy (non-hydrogen) atoms. The van der Waals surface area contributed by atoms with E-state index in [1.165, 1.54) is 38.8 Å². The van der Waals surface area contributed by atoms with E-state index in [1.807, 2.05) is 0 Å². The highest BCUT2D eigenvalue weighted by Gasteiger charge is 2.25. The van der Waals surface area contributed by atoms with Crippen LogP contribution in [0.3, 0.4) is 0 Å². The summed E-state index contributed by atoms with van der Waals surface area (Å²) in [6, 6.07) is 0.843. The van der Waals surface area contributed by atoms with Gasteiger partial charge in [-0.3, -0.25) is 0 Å². The van der Waals surface area contributed by atoms with Crippen molar-refractivity contribution in [1.82, 2.24) is 4.90 Å². The van der Waals surface area contributed by atoms with Crippen molar-refractivity contribution >= 4 is 11.6 Å². The van der Waals surface area contributed by atoms with Gasteiger partial charge in [0, 0.05) is 11.9 Å². The van der Waals surface area contributed by atoms with Gasteiger partial charge in [-0.1, -0.05) is 13.8 Å². The van der Waals surface area contributed by atoms with Gasteiger partial charge in [0.15, 0.2) is 0 Å². The normalized spacial score (nSPS) is 24.5. The van der Waals surface area contributed by atoms with Gasteiger partial charge in [-0.2, -0.15) is 0 Å². The Hall–Kier alpha value is 0.250. The molecular weight excluding hydrogens is 182 g/mol. The lowest BCUT2D eigenvalue weighted by molar-refractivity contribution is 0.204. The maximum Gasteiger partial charge on any atom is 0.0223 e. The Morgan fingerprint density at radius 1 is 1.38 bits per heavy atom. The van der Waals surface area contributed by atoms with Gasteiger partial charge in [-0.05, 0) is 44.7 Å². The molecule has 2 heteroatoms. The van der Waals surface area contributed by atoms with E-state index in [0.717, 1.165) is 17.8 Å². The second-order valence-electron chi connectivity index (χ2n) is 4.39. The second kappa shape index (κ2) is 5.87. The minimum atomic E-state index is 0.818. The van der Waals surface area contributed by atoms with Gasteiger partial charge in [0.25, 0.3) is 0 Å².